The van der Waals surface area contributed by atoms with Gasteiger partial charge in [0.15, 0.2) is 0 Å². The summed E-state index contributed by atoms with van der Waals surface area (Å²) in [6.45, 7) is 0. The number of carbonyl (C=O) groups excluding carboxylic acids is 1. The molecule has 5 heteroatoms. The van der Waals surface area contributed by atoms with Crippen LogP contribution in [0.5, 0.6) is 0 Å². The number of esters is 1. The topological polar surface area (TPSA) is 52.1 Å². The molecule has 2 aromatic rings. The zero-order chi connectivity index (χ0) is 10.8. The normalized spacial score (nSPS) is 10.3. The summed E-state index contributed by atoms with van der Waals surface area (Å²) >= 11 is 6.03. The molecule has 2 aromatic heterocycles. The fraction of sp³-hybridized carbons (Fsp3) is 0.100. The fourth-order valence-corrected chi connectivity index (χ4v) is 1.53. The summed E-state index contributed by atoms with van der Waals surface area (Å²) in [5, 5.41) is 0.960. The third-order valence-electron chi connectivity index (χ3n) is 2.01. The van der Waals surface area contributed by atoms with Crippen molar-refractivity contribution in [3.63, 3.8) is 0 Å². The molecule has 0 bridgehead atoms. The highest BCUT2D eigenvalue weighted by atomic mass is 35.5. The van der Waals surface area contributed by atoms with Gasteiger partial charge in [0.1, 0.15) is 0 Å². The van der Waals surface area contributed by atoms with E-state index in [0.717, 1.165) is 0 Å². The first-order valence-corrected chi connectivity index (χ1v) is 4.58. The van der Waals surface area contributed by atoms with Crippen molar-refractivity contribution < 1.29 is 9.53 Å². The van der Waals surface area contributed by atoms with Crippen LogP contribution in [0.25, 0.3) is 10.9 Å². The summed E-state index contributed by atoms with van der Waals surface area (Å²) in [5.74, 6) is -0.502. The van der Waals surface area contributed by atoms with Crippen LogP contribution in [0, 0.1) is 0 Å². The monoisotopic (exact) mass is 222 g/mol. The standard InChI is InChI=1S/C10H7ClN2O2/c1-15-10(14)7-5-13-8-2-3-12-4-6(8)9(7)11/h2-5H,1H3. The van der Waals surface area contributed by atoms with E-state index in [2.05, 4.69) is 14.7 Å². The van der Waals surface area contributed by atoms with Crippen molar-refractivity contribution in [3.05, 3.63) is 35.2 Å². The van der Waals surface area contributed by atoms with Crippen molar-refractivity contribution in [1.29, 1.82) is 0 Å². The first-order valence-electron chi connectivity index (χ1n) is 4.20. The van der Waals surface area contributed by atoms with E-state index in [1.54, 1.807) is 18.5 Å². The highest BCUT2D eigenvalue weighted by Gasteiger charge is 2.13. The number of ether oxygens (including phenoxy) is 1. The summed E-state index contributed by atoms with van der Waals surface area (Å²) in [6.07, 6.45) is 4.58. The molecule has 0 radical (unpaired) electrons. The van der Waals surface area contributed by atoms with Gasteiger partial charge in [-0.2, -0.15) is 0 Å². The van der Waals surface area contributed by atoms with E-state index in [0.29, 0.717) is 15.9 Å². The van der Waals surface area contributed by atoms with E-state index in [1.807, 2.05) is 0 Å². The van der Waals surface area contributed by atoms with E-state index in [1.165, 1.54) is 13.3 Å². The van der Waals surface area contributed by atoms with Crippen molar-refractivity contribution in [1.82, 2.24) is 9.97 Å². The quantitative estimate of drug-likeness (QED) is 0.693. The molecule has 0 unspecified atom stereocenters. The third kappa shape index (κ3) is 1.64. The molecule has 0 fully saturated rings. The summed E-state index contributed by atoms with van der Waals surface area (Å²) < 4.78 is 4.58. The van der Waals surface area contributed by atoms with Gasteiger partial charge >= 0.3 is 5.97 Å². The lowest BCUT2D eigenvalue weighted by Crippen LogP contribution is -2.03. The molecular formula is C10H7ClN2O2. The van der Waals surface area contributed by atoms with E-state index in [4.69, 9.17) is 11.6 Å². The van der Waals surface area contributed by atoms with Crippen LogP contribution in [0.1, 0.15) is 10.4 Å². The maximum Gasteiger partial charge on any atom is 0.340 e. The Morgan fingerprint density at radius 2 is 2.27 bits per heavy atom. The Morgan fingerprint density at radius 1 is 1.47 bits per heavy atom. The fourth-order valence-electron chi connectivity index (χ4n) is 1.26. The second-order valence-corrected chi connectivity index (χ2v) is 3.25. The van der Waals surface area contributed by atoms with E-state index in [9.17, 15) is 4.79 Å². The van der Waals surface area contributed by atoms with Gasteiger partial charge in [-0.05, 0) is 6.07 Å². The average molecular weight is 223 g/mol. The van der Waals surface area contributed by atoms with Crippen molar-refractivity contribution in [2.75, 3.05) is 7.11 Å². The summed E-state index contributed by atoms with van der Waals surface area (Å²) in [6, 6.07) is 1.72. The van der Waals surface area contributed by atoms with Gasteiger partial charge in [-0.1, -0.05) is 11.6 Å². The lowest BCUT2D eigenvalue weighted by molar-refractivity contribution is 0.0600. The van der Waals surface area contributed by atoms with Crippen LogP contribution in [-0.2, 0) is 4.74 Å². The predicted octanol–water partition coefficient (Wildman–Crippen LogP) is 2.07. The number of nitrogens with zero attached hydrogens (tertiary/aromatic N) is 2. The van der Waals surface area contributed by atoms with Gasteiger partial charge in [0.2, 0.25) is 0 Å². The number of pyridine rings is 2. The lowest BCUT2D eigenvalue weighted by atomic mass is 10.2. The zero-order valence-corrected chi connectivity index (χ0v) is 8.65. The highest BCUT2D eigenvalue weighted by molar-refractivity contribution is 6.38. The molecule has 0 atom stereocenters. The number of halogens is 1. The number of rotatable bonds is 1. The molecule has 0 saturated carbocycles. The molecule has 4 nitrogen and oxygen atoms in total. The van der Waals surface area contributed by atoms with Gasteiger partial charge < -0.3 is 4.74 Å². The molecule has 0 saturated heterocycles. The summed E-state index contributed by atoms with van der Waals surface area (Å²) in [4.78, 5) is 19.3. The molecule has 0 amide bonds. The minimum absolute atomic E-state index is 0.250. The van der Waals surface area contributed by atoms with Crippen LogP contribution >= 0.6 is 11.6 Å². The first kappa shape index (κ1) is 9.86. The zero-order valence-electron chi connectivity index (χ0n) is 7.90. The van der Waals surface area contributed by atoms with Gasteiger partial charge in [0.05, 0.1) is 23.2 Å². The van der Waals surface area contributed by atoms with Crippen LogP contribution in [0.4, 0.5) is 0 Å². The molecule has 0 aliphatic heterocycles. The summed E-state index contributed by atoms with van der Waals surface area (Å²) in [5.41, 5.74) is 0.947. The molecular weight excluding hydrogens is 216 g/mol. The van der Waals surface area contributed by atoms with E-state index < -0.39 is 5.97 Å². The van der Waals surface area contributed by atoms with Gasteiger partial charge in [-0.15, -0.1) is 0 Å². The number of fused-ring (bicyclic) bond motifs is 1. The number of methoxy groups -OCH3 is 1. The largest absolute Gasteiger partial charge is 0.465 e. The number of hydrogen-bond acceptors (Lipinski definition) is 4. The molecule has 0 spiro atoms. The molecule has 0 aromatic carbocycles. The molecule has 2 heterocycles. The first-order chi connectivity index (χ1) is 7.24. The Labute approximate surface area is 90.9 Å². The average Bonchev–Trinajstić information content (AvgIpc) is 2.29. The minimum atomic E-state index is -0.502. The molecule has 2 rings (SSSR count). The van der Waals surface area contributed by atoms with Crippen LogP contribution < -0.4 is 0 Å². The summed E-state index contributed by atoms with van der Waals surface area (Å²) in [7, 11) is 1.30. The third-order valence-corrected chi connectivity index (χ3v) is 2.42. The number of aromatic nitrogens is 2. The van der Waals surface area contributed by atoms with Crippen LogP contribution in [-0.4, -0.2) is 23.0 Å². The Hall–Kier alpha value is -1.68. The highest BCUT2D eigenvalue weighted by Crippen LogP contribution is 2.24. The number of carbonyl (C=O) groups is 1. The van der Waals surface area contributed by atoms with E-state index in [-0.39, 0.29) is 5.56 Å². The Morgan fingerprint density at radius 3 is 3.00 bits per heavy atom. The van der Waals surface area contributed by atoms with Gasteiger partial charge in [-0.3, -0.25) is 9.97 Å². The van der Waals surface area contributed by atoms with Crippen LogP contribution in [0.3, 0.4) is 0 Å². The number of hydrogen-bond donors (Lipinski definition) is 0. The van der Waals surface area contributed by atoms with Gasteiger partial charge in [0, 0.05) is 24.0 Å². The second-order valence-electron chi connectivity index (χ2n) is 2.87. The van der Waals surface area contributed by atoms with Crippen molar-refractivity contribution in [2.45, 2.75) is 0 Å². The van der Waals surface area contributed by atoms with Crippen LogP contribution in [0.15, 0.2) is 24.7 Å². The Balaban J connectivity index is 2.70. The van der Waals surface area contributed by atoms with Gasteiger partial charge in [0.25, 0.3) is 0 Å². The molecule has 0 aliphatic rings. The second kappa shape index (κ2) is 3.82. The maximum atomic E-state index is 11.3. The SMILES string of the molecule is COC(=O)c1cnc2ccncc2c1Cl. The lowest BCUT2D eigenvalue weighted by Gasteiger charge is -2.04. The smallest absolute Gasteiger partial charge is 0.340 e. The molecule has 15 heavy (non-hydrogen) atoms. The molecule has 0 N–H and O–H groups in total. The Bertz CT molecular complexity index is 528. The van der Waals surface area contributed by atoms with Crippen molar-refractivity contribution in [2.24, 2.45) is 0 Å². The van der Waals surface area contributed by atoms with Crippen LogP contribution in [0.2, 0.25) is 5.02 Å². The molecule has 0 aliphatic carbocycles. The Kier molecular flexibility index (Phi) is 2.51. The van der Waals surface area contributed by atoms with Crippen molar-refractivity contribution >= 4 is 28.5 Å². The van der Waals surface area contributed by atoms with E-state index >= 15 is 0 Å². The molecule has 76 valence electrons. The minimum Gasteiger partial charge on any atom is -0.465 e. The maximum absolute atomic E-state index is 11.3. The van der Waals surface area contributed by atoms with Crippen molar-refractivity contribution in [3.8, 4) is 0 Å². The van der Waals surface area contributed by atoms with Gasteiger partial charge in [-0.25, -0.2) is 4.79 Å². The predicted molar refractivity (Wildman–Crippen MR) is 55.9 cm³/mol.